The first-order valence-corrected chi connectivity index (χ1v) is 5.48. The molecule has 3 rings (SSSR count). The number of halogens is 1. The summed E-state index contributed by atoms with van der Waals surface area (Å²) >= 11 is 0. The van der Waals surface area contributed by atoms with Crippen LogP contribution in [0.4, 0.5) is 4.39 Å². The molecule has 77 valence electrons. The lowest BCUT2D eigenvalue weighted by molar-refractivity contribution is 0.317. The monoisotopic (exact) mass is 202 g/mol. The average Bonchev–Trinajstić information content (AvgIpc) is 2.22. The molecule has 1 aliphatic heterocycles. The van der Waals surface area contributed by atoms with Gasteiger partial charge in [0.05, 0.1) is 0 Å². The maximum atomic E-state index is 13.3. The Morgan fingerprint density at radius 2 is 2.20 bits per heavy atom. The molecule has 1 aliphatic carbocycles. The van der Waals surface area contributed by atoms with Crippen LogP contribution in [0.1, 0.15) is 29.0 Å². The summed E-state index contributed by atoms with van der Waals surface area (Å²) in [5.41, 5.74) is 2.37. The maximum absolute atomic E-state index is 13.3. The normalized spacial score (nSPS) is 28.7. The summed E-state index contributed by atoms with van der Waals surface area (Å²) in [6, 6.07) is 3.29. The quantitative estimate of drug-likeness (QED) is 0.678. The summed E-state index contributed by atoms with van der Waals surface area (Å²) in [5.74, 6) is 0.765. The van der Waals surface area contributed by atoms with Crippen LogP contribution in [0, 0.1) is 18.7 Å². The van der Waals surface area contributed by atoms with Crippen molar-refractivity contribution >= 4 is 0 Å². The van der Waals surface area contributed by atoms with E-state index >= 15 is 0 Å². The molecule has 1 saturated heterocycles. The molecule has 0 amide bonds. The van der Waals surface area contributed by atoms with Crippen LogP contribution in [0.3, 0.4) is 0 Å². The molecule has 0 aromatic heterocycles. The van der Waals surface area contributed by atoms with Crippen LogP contribution in [0.15, 0.2) is 12.1 Å². The van der Waals surface area contributed by atoms with Crippen molar-refractivity contribution in [2.45, 2.75) is 18.8 Å². The van der Waals surface area contributed by atoms with Crippen LogP contribution in [-0.2, 0) is 6.42 Å². The Kier molecular flexibility index (Phi) is 2.06. The minimum atomic E-state index is -0.377. The highest BCUT2D eigenvalue weighted by Gasteiger charge is 2.30. The minimum Gasteiger partial charge on any atom is -0.316 e. The van der Waals surface area contributed by atoms with E-state index in [-0.39, 0.29) is 11.4 Å². The number of hydrogen-bond acceptors (Lipinski definition) is 1. The standard InChI is InChI=1S/C13H13FN/c1-8-2-10-3-9-4-11(7-15-6-9)12(10)5-13(8)14/h2,5,9,11,15H,3-4,6-7H2. The summed E-state index contributed by atoms with van der Waals surface area (Å²) in [5, 5.41) is 3.39. The highest BCUT2D eigenvalue weighted by molar-refractivity contribution is 5.39. The Morgan fingerprint density at radius 3 is 3.07 bits per heavy atom. The first kappa shape index (κ1) is 9.34. The third-order valence-corrected chi connectivity index (χ3v) is 3.62. The van der Waals surface area contributed by atoms with E-state index in [2.05, 4.69) is 5.32 Å². The molecule has 3 radical (unpaired) electrons. The van der Waals surface area contributed by atoms with E-state index in [4.69, 9.17) is 6.92 Å². The number of nitrogens with one attached hydrogen (secondary N) is 1. The van der Waals surface area contributed by atoms with Gasteiger partial charge in [-0.15, -0.1) is 0 Å². The SMILES string of the molecule is [C]c1cc2c(cc1F)C1CNCC(C2)C1. The van der Waals surface area contributed by atoms with Gasteiger partial charge in [-0.05, 0) is 54.0 Å². The summed E-state index contributed by atoms with van der Waals surface area (Å²) in [4.78, 5) is 0. The molecular weight excluding hydrogens is 189 g/mol. The molecule has 1 fully saturated rings. The second-order valence-electron chi connectivity index (χ2n) is 4.69. The molecule has 0 saturated carbocycles. The van der Waals surface area contributed by atoms with E-state index in [1.54, 1.807) is 12.1 Å². The molecule has 1 aromatic rings. The van der Waals surface area contributed by atoms with Crippen LogP contribution in [0.5, 0.6) is 0 Å². The predicted molar refractivity (Wildman–Crippen MR) is 56.2 cm³/mol. The average molecular weight is 202 g/mol. The van der Waals surface area contributed by atoms with Crippen LogP contribution < -0.4 is 5.32 Å². The molecule has 2 unspecified atom stereocenters. The van der Waals surface area contributed by atoms with Gasteiger partial charge in [0.25, 0.3) is 0 Å². The summed E-state index contributed by atoms with van der Waals surface area (Å²) in [6.45, 7) is 9.50. The molecule has 15 heavy (non-hydrogen) atoms. The molecule has 2 atom stereocenters. The number of hydrogen-bond donors (Lipinski definition) is 1. The fourth-order valence-electron chi connectivity index (χ4n) is 2.92. The molecular formula is C13H13FN. The van der Waals surface area contributed by atoms with Crippen molar-refractivity contribution in [2.75, 3.05) is 13.1 Å². The van der Waals surface area contributed by atoms with E-state index in [1.165, 1.54) is 12.0 Å². The van der Waals surface area contributed by atoms with Crippen molar-refractivity contribution < 1.29 is 4.39 Å². The smallest absolute Gasteiger partial charge is 0.127 e. The van der Waals surface area contributed by atoms with Crippen molar-refractivity contribution in [1.82, 2.24) is 5.32 Å². The number of benzene rings is 1. The highest BCUT2D eigenvalue weighted by atomic mass is 19.1. The lowest BCUT2D eigenvalue weighted by atomic mass is 9.74. The van der Waals surface area contributed by atoms with Crippen LogP contribution in [0.2, 0.25) is 0 Å². The first-order valence-electron chi connectivity index (χ1n) is 5.48. The van der Waals surface area contributed by atoms with Crippen molar-refractivity contribution in [3.8, 4) is 0 Å². The van der Waals surface area contributed by atoms with Gasteiger partial charge in [0.15, 0.2) is 0 Å². The Balaban J connectivity index is 2.09. The number of rotatable bonds is 0. The van der Waals surface area contributed by atoms with Gasteiger partial charge in [-0.1, -0.05) is 6.07 Å². The fourth-order valence-corrected chi connectivity index (χ4v) is 2.92. The van der Waals surface area contributed by atoms with Gasteiger partial charge in [0.1, 0.15) is 5.82 Å². The summed E-state index contributed by atoms with van der Waals surface area (Å²) in [7, 11) is 0. The Morgan fingerprint density at radius 1 is 1.33 bits per heavy atom. The maximum Gasteiger partial charge on any atom is 0.127 e. The minimum absolute atomic E-state index is 0.0432. The molecule has 1 N–H and O–H groups in total. The van der Waals surface area contributed by atoms with E-state index in [0.717, 1.165) is 25.1 Å². The topological polar surface area (TPSA) is 12.0 Å². The van der Waals surface area contributed by atoms with Gasteiger partial charge in [0.2, 0.25) is 0 Å². The highest BCUT2D eigenvalue weighted by Crippen LogP contribution is 2.37. The van der Waals surface area contributed by atoms with Crippen LogP contribution in [-0.4, -0.2) is 13.1 Å². The Bertz CT molecular complexity index is 400. The van der Waals surface area contributed by atoms with Gasteiger partial charge in [-0.3, -0.25) is 0 Å². The zero-order chi connectivity index (χ0) is 10.4. The summed E-state index contributed by atoms with van der Waals surface area (Å²) < 4.78 is 13.3. The van der Waals surface area contributed by atoms with Gasteiger partial charge in [0, 0.05) is 13.5 Å². The molecule has 1 nitrogen and oxygen atoms in total. The second kappa shape index (κ2) is 3.31. The van der Waals surface area contributed by atoms with Gasteiger partial charge < -0.3 is 5.32 Å². The molecule has 0 spiro atoms. The second-order valence-corrected chi connectivity index (χ2v) is 4.69. The molecule has 1 heterocycles. The van der Waals surface area contributed by atoms with Crippen molar-refractivity contribution in [2.24, 2.45) is 5.92 Å². The Labute approximate surface area is 89.7 Å². The largest absolute Gasteiger partial charge is 0.316 e. The zero-order valence-electron chi connectivity index (χ0n) is 8.52. The predicted octanol–water partition coefficient (Wildman–Crippen LogP) is 2.01. The van der Waals surface area contributed by atoms with Gasteiger partial charge in [-0.25, -0.2) is 4.39 Å². The molecule has 2 heteroatoms. The number of fused-ring (bicyclic) bond motifs is 4. The number of piperidine rings is 1. The van der Waals surface area contributed by atoms with Gasteiger partial charge in [-0.2, -0.15) is 0 Å². The van der Waals surface area contributed by atoms with Crippen molar-refractivity contribution in [3.05, 3.63) is 41.6 Å². The van der Waals surface area contributed by atoms with Crippen LogP contribution >= 0.6 is 0 Å². The van der Waals surface area contributed by atoms with E-state index in [1.807, 2.05) is 0 Å². The zero-order valence-corrected chi connectivity index (χ0v) is 8.52. The molecule has 2 bridgehead atoms. The first-order chi connectivity index (χ1) is 7.24. The third-order valence-electron chi connectivity index (χ3n) is 3.62. The summed E-state index contributed by atoms with van der Waals surface area (Å²) in [6.07, 6.45) is 2.18. The van der Waals surface area contributed by atoms with Crippen molar-refractivity contribution in [3.63, 3.8) is 0 Å². The van der Waals surface area contributed by atoms with E-state index < -0.39 is 0 Å². The Hall–Kier alpha value is -0.890. The third kappa shape index (κ3) is 1.48. The lowest BCUT2D eigenvalue weighted by Crippen LogP contribution is -2.39. The fraction of sp³-hybridized carbons (Fsp3) is 0.462. The lowest BCUT2D eigenvalue weighted by Gasteiger charge is -2.36. The van der Waals surface area contributed by atoms with E-state index in [0.29, 0.717) is 11.8 Å². The molecule has 2 aliphatic rings. The van der Waals surface area contributed by atoms with Crippen LogP contribution in [0.25, 0.3) is 0 Å². The molecule has 1 aromatic carbocycles. The van der Waals surface area contributed by atoms with Gasteiger partial charge >= 0.3 is 0 Å². The van der Waals surface area contributed by atoms with E-state index in [9.17, 15) is 4.39 Å². The van der Waals surface area contributed by atoms with Crippen molar-refractivity contribution in [1.29, 1.82) is 0 Å².